The molecular weight excluding hydrogens is 671 g/mol. The third kappa shape index (κ3) is 4.45. The van der Waals surface area contributed by atoms with Crippen LogP contribution in [0.25, 0.3) is 93.6 Å². The fourth-order valence-corrected chi connectivity index (χ4v) is 8.75. The monoisotopic (exact) mass is 699 g/mol. The highest BCUT2D eigenvalue weighted by molar-refractivity contribution is 6.15. The molecule has 0 spiro atoms. The van der Waals surface area contributed by atoms with E-state index in [0.29, 0.717) is 11.1 Å². The summed E-state index contributed by atoms with van der Waals surface area (Å²) >= 11 is 0. The van der Waals surface area contributed by atoms with E-state index in [1.54, 1.807) is 0 Å². The summed E-state index contributed by atoms with van der Waals surface area (Å²) in [5.41, 5.74) is 12.8. The molecule has 3 aromatic heterocycles. The first kappa shape index (κ1) is 30.7. The van der Waals surface area contributed by atoms with Crippen LogP contribution in [0.4, 0.5) is 0 Å². The molecule has 0 fully saturated rings. The van der Waals surface area contributed by atoms with Crippen LogP contribution >= 0.6 is 0 Å². The summed E-state index contributed by atoms with van der Waals surface area (Å²) in [6, 6.07) is 66.0. The van der Waals surface area contributed by atoms with Crippen molar-refractivity contribution in [3.63, 3.8) is 0 Å². The zero-order valence-corrected chi connectivity index (χ0v) is 29.5. The topological polar surface area (TPSA) is 62.4 Å². The van der Waals surface area contributed by atoms with E-state index in [4.69, 9.17) is 0 Å². The van der Waals surface area contributed by atoms with E-state index in [-0.39, 0.29) is 0 Å². The Morgan fingerprint density at radius 2 is 0.836 bits per heavy atom. The lowest BCUT2D eigenvalue weighted by Gasteiger charge is -2.18. The van der Waals surface area contributed by atoms with Crippen LogP contribution in [0.3, 0.4) is 0 Å². The van der Waals surface area contributed by atoms with Crippen molar-refractivity contribution in [3.8, 4) is 40.3 Å². The molecule has 0 radical (unpaired) electrons. The van der Waals surface area contributed by atoms with Gasteiger partial charge in [-0.1, -0.05) is 103 Å². The quantitative estimate of drug-likeness (QED) is 0.184. The van der Waals surface area contributed by atoms with Gasteiger partial charge < -0.3 is 13.7 Å². The van der Waals surface area contributed by atoms with Crippen molar-refractivity contribution in [2.24, 2.45) is 0 Å². The summed E-state index contributed by atoms with van der Waals surface area (Å²) in [6.45, 7) is 0. The predicted molar refractivity (Wildman–Crippen MR) is 224 cm³/mol. The van der Waals surface area contributed by atoms with Crippen LogP contribution < -0.4 is 0 Å². The van der Waals surface area contributed by atoms with Crippen molar-refractivity contribution in [3.05, 3.63) is 187 Å². The lowest BCUT2D eigenvalue weighted by Crippen LogP contribution is -2.03. The van der Waals surface area contributed by atoms with Crippen LogP contribution in [-0.2, 0) is 0 Å². The highest BCUT2D eigenvalue weighted by Crippen LogP contribution is 2.42. The number of rotatable bonds is 4. The first-order chi connectivity index (χ1) is 27.2. The fraction of sp³-hybridized carbons (Fsp3) is 0. The number of hydrogen-bond donors (Lipinski definition) is 0. The van der Waals surface area contributed by atoms with Gasteiger partial charge in [0, 0.05) is 43.6 Å². The van der Waals surface area contributed by atoms with Gasteiger partial charge in [-0.3, -0.25) is 0 Å². The van der Waals surface area contributed by atoms with Gasteiger partial charge in [0.25, 0.3) is 0 Å². The highest BCUT2D eigenvalue weighted by Gasteiger charge is 2.22. The highest BCUT2D eigenvalue weighted by atomic mass is 15.1. The summed E-state index contributed by atoms with van der Waals surface area (Å²) in [5.74, 6) is 0. The maximum absolute atomic E-state index is 10.3. The van der Waals surface area contributed by atoms with E-state index in [1.165, 1.54) is 21.8 Å². The SMILES string of the molecule is N#Cc1ccc(-c2ccc(-n3c4ccccc4c4ccccc43)cc2)c(-n2c3ccccc3c3cccc(-n4c5ccccc5c5cc(C#N)ccc54)c32)c1. The van der Waals surface area contributed by atoms with Crippen LogP contribution in [0.15, 0.2) is 176 Å². The minimum Gasteiger partial charge on any atom is -0.309 e. The molecule has 0 aliphatic rings. The molecule has 0 saturated heterocycles. The number of benzene rings is 8. The summed E-state index contributed by atoms with van der Waals surface area (Å²) in [6.07, 6.45) is 0. The van der Waals surface area contributed by atoms with Gasteiger partial charge in [0.2, 0.25) is 0 Å². The molecule has 55 heavy (non-hydrogen) atoms. The Bertz CT molecular complexity index is 3400. The summed E-state index contributed by atoms with van der Waals surface area (Å²) in [7, 11) is 0. The minimum absolute atomic E-state index is 0.588. The standard InChI is InChI=1S/C50H29N5/c51-30-32-21-27-47-42(28-32)40-13-4-7-17-45(40)54(47)48-19-9-14-41-39-12-3-8-18-46(39)55(50(41)48)49-29-33(31-52)20-26-36(49)34-22-24-35(25-23-34)53-43-15-5-1-10-37(43)38-11-2-6-16-44(38)53/h1-29H. The van der Waals surface area contributed by atoms with Crippen LogP contribution in [0.5, 0.6) is 0 Å². The second-order valence-electron chi connectivity index (χ2n) is 14.0. The molecule has 0 bridgehead atoms. The van der Waals surface area contributed by atoms with Gasteiger partial charge >= 0.3 is 0 Å². The molecule has 3 heterocycles. The molecule has 0 atom stereocenters. The number of para-hydroxylation sites is 5. The Morgan fingerprint density at radius 3 is 1.47 bits per heavy atom. The molecule has 8 aromatic carbocycles. The van der Waals surface area contributed by atoms with Gasteiger partial charge in [-0.2, -0.15) is 10.5 Å². The second-order valence-corrected chi connectivity index (χ2v) is 14.0. The second kappa shape index (κ2) is 11.8. The van der Waals surface area contributed by atoms with E-state index < -0.39 is 0 Å². The molecule has 5 nitrogen and oxygen atoms in total. The lowest BCUT2D eigenvalue weighted by atomic mass is 10.0. The Balaban J connectivity index is 1.18. The first-order valence-electron chi connectivity index (χ1n) is 18.3. The Labute approximate surface area is 316 Å². The zero-order valence-electron chi connectivity index (χ0n) is 29.5. The molecule has 11 aromatic rings. The smallest absolute Gasteiger partial charge is 0.0992 e. The molecule has 11 rings (SSSR count). The third-order valence-corrected chi connectivity index (χ3v) is 11.1. The molecule has 5 heteroatoms. The predicted octanol–water partition coefficient (Wildman–Crippen LogP) is 12.4. The summed E-state index contributed by atoms with van der Waals surface area (Å²) in [5, 5.41) is 26.9. The Morgan fingerprint density at radius 1 is 0.345 bits per heavy atom. The van der Waals surface area contributed by atoms with Crippen LogP contribution in [-0.4, -0.2) is 13.7 Å². The van der Waals surface area contributed by atoms with Crippen molar-refractivity contribution < 1.29 is 0 Å². The Hall–Kier alpha value is -7.86. The Kier molecular flexibility index (Phi) is 6.61. The van der Waals surface area contributed by atoms with Crippen molar-refractivity contribution in [1.82, 2.24) is 13.7 Å². The molecule has 0 unspecified atom stereocenters. The van der Waals surface area contributed by atoms with Crippen molar-refractivity contribution in [2.75, 3.05) is 0 Å². The molecule has 254 valence electrons. The van der Waals surface area contributed by atoms with E-state index in [0.717, 1.165) is 71.8 Å². The molecule has 0 aliphatic heterocycles. The maximum atomic E-state index is 10.3. The van der Waals surface area contributed by atoms with E-state index >= 15 is 0 Å². The van der Waals surface area contributed by atoms with Gasteiger partial charge in [-0.15, -0.1) is 0 Å². The van der Waals surface area contributed by atoms with Crippen molar-refractivity contribution >= 4 is 65.4 Å². The molecule has 0 amide bonds. The maximum Gasteiger partial charge on any atom is 0.0992 e. The number of hydrogen-bond acceptors (Lipinski definition) is 2. The van der Waals surface area contributed by atoms with Crippen molar-refractivity contribution in [1.29, 1.82) is 10.5 Å². The normalized spacial score (nSPS) is 11.6. The first-order valence-corrected chi connectivity index (χ1v) is 18.3. The molecule has 0 aliphatic carbocycles. The lowest BCUT2D eigenvalue weighted by molar-refractivity contribution is 1.13. The number of nitrogens with zero attached hydrogens (tertiary/aromatic N) is 5. The summed E-state index contributed by atoms with van der Waals surface area (Å²) in [4.78, 5) is 0. The number of fused-ring (bicyclic) bond motifs is 9. The van der Waals surface area contributed by atoms with E-state index in [1.807, 2.05) is 24.3 Å². The van der Waals surface area contributed by atoms with Crippen LogP contribution in [0.2, 0.25) is 0 Å². The van der Waals surface area contributed by atoms with E-state index in [9.17, 15) is 10.5 Å². The van der Waals surface area contributed by atoms with Gasteiger partial charge in [-0.05, 0) is 78.4 Å². The minimum atomic E-state index is 0.588. The number of aromatic nitrogens is 3. The van der Waals surface area contributed by atoms with Gasteiger partial charge in [0.05, 0.1) is 67.7 Å². The third-order valence-electron chi connectivity index (χ3n) is 11.1. The summed E-state index contributed by atoms with van der Waals surface area (Å²) < 4.78 is 6.98. The molecule has 0 saturated carbocycles. The van der Waals surface area contributed by atoms with Gasteiger partial charge in [0.15, 0.2) is 0 Å². The van der Waals surface area contributed by atoms with Gasteiger partial charge in [0.1, 0.15) is 0 Å². The largest absolute Gasteiger partial charge is 0.309 e. The fourth-order valence-electron chi connectivity index (χ4n) is 8.75. The van der Waals surface area contributed by atoms with Crippen molar-refractivity contribution in [2.45, 2.75) is 0 Å². The molecule has 0 N–H and O–H groups in total. The van der Waals surface area contributed by atoms with Gasteiger partial charge in [-0.25, -0.2) is 0 Å². The van der Waals surface area contributed by atoms with Crippen LogP contribution in [0.1, 0.15) is 11.1 Å². The zero-order chi connectivity index (χ0) is 36.6. The van der Waals surface area contributed by atoms with E-state index in [2.05, 4.69) is 177 Å². The molecular formula is C50H29N5. The average Bonchev–Trinajstić information content (AvgIpc) is 3.89. The number of nitriles is 2. The van der Waals surface area contributed by atoms with Crippen LogP contribution in [0, 0.1) is 22.7 Å². The average molecular weight is 700 g/mol.